The number of para-hydroxylation sites is 1. The number of fused-ring (bicyclic) bond motifs is 12. The standard InChI is InChI=1S/C42H33N5S/c1-3-42(4-2)31(26-46-41(34-19-12-13-25-45(34)42)43-40(44-46)28-15-6-5-7-16-28)39-30-22-24-36-38(29-17-9-11-20-35(29)48-36)37(30)33-23-21-27-14-8-10-18-32(27)47(33)39/h5-26,39H,3-4H2,1-2H3/q+2. The van der Waals surface area contributed by atoms with Gasteiger partial charge in [0.15, 0.2) is 17.6 Å². The predicted octanol–water partition coefficient (Wildman–Crippen LogP) is 9.35. The van der Waals surface area contributed by atoms with Crippen LogP contribution < -0.4 is 9.13 Å². The molecule has 48 heavy (non-hydrogen) atoms. The van der Waals surface area contributed by atoms with Crippen molar-refractivity contribution >= 4 is 48.6 Å². The molecule has 1 unspecified atom stereocenters. The number of aromatic nitrogens is 5. The van der Waals surface area contributed by atoms with E-state index in [1.165, 1.54) is 53.5 Å². The van der Waals surface area contributed by atoms with Crippen LogP contribution in [-0.2, 0) is 5.54 Å². The van der Waals surface area contributed by atoms with Crippen molar-refractivity contribution in [1.82, 2.24) is 14.8 Å². The van der Waals surface area contributed by atoms with Gasteiger partial charge in [-0.1, -0.05) is 74.5 Å². The average molecular weight is 640 g/mol. The van der Waals surface area contributed by atoms with Gasteiger partial charge >= 0.3 is 0 Å². The number of rotatable bonds is 4. The van der Waals surface area contributed by atoms with E-state index < -0.39 is 0 Å². The minimum absolute atomic E-state index is 0.0556. The normalized spacial score (nSPS) is 16.0. The molecule has 4 aromatic carbocycles. The number of thiophene rings is 1. The number of hydrogen-bond donors (Lipinski definition) is 0. The highest BCUT2D eigenvalue weighted by molar-refractivity contribution is 7.25. The van der Waals surface area contributed by atoms with Crippen molar-refractivity contribution < 1.29 is 9.13 Å². The fourth-order valence-electron chi connectivity index (χ4n) is 8.50. The van der Waals surface area contributed by atoms with Gasteiger partial charge in [0.1, 0.15) is 0 Å². The molecule has 0 N–H and O–H groups in total. The van der Waals surface area contributed by atoms with E-state index >= 15 is 0 Å². The maximum absolute atomic E-state index is 5.21. The van der Waals surface area contributed by atoms with Crippen molar-refractivity contribution in [3.63, 3.8) is 0 Å². The quantitative estimate of drug-likeness (QED) is 0.180. The number of hydrogen-bond acceptors (Lipinski definition) is 3. The van der Waals surface area contributed by atoms with Crippen molar-refractivity contribution in [1.29, 1.82) is 0 Å². The first-order valence-corrected chi connectivity index (χ1v) is 17.7. The van der Waals surface area contributed by atoms with Crippen molar-refractivity contribution in [2.24, 2.45) is 0 Å². The van der Waals surface area contributed by atoms with Gasteiger partial charge in [0.25, 0.3) is 5.69 Å². The smallest absolute Gasteiger partial charge is 0.214 e. The molecule has 0 spiro atoms. The van der Waals surface area contributed by atoms with Gasteiger partial charge in [-0.3, -0.25) is 0 Å². The number of nitrogens with zero attached hydrogens (tertiary/aromatic N) is 5. The molecule has 0 saturated carbocycles. The summed E-state index contributed by atoms with van der Waals surface area (Å²) in [6, 6.07) is 43.8. The molecular formula is C42H33N5S+2. The van der Waals surface area contributed by atoms with Gasteiger partial charge in [-0.15, -0.1) is 16.4 Å². The second-order valence-corrected chi connectivity index (χ2v) is 14.0. The Morgan fingerprint density at radius 2 is 1.54 bits per heavy atom. The summed E-state index contributed by atoms with van der Waals surface area (Å²) >= 11 is 1.89. The van der Waals surface area contributed by atoms with Crippen LogP contribution in [-0.4, -0.2) is 14.8 Å². The van der Waals surface area contributed by atoms with Crippen molar-refractivity contribution in [2.45, 2.75) is 38.3 Å². The Morgan fingerprint density at radius 1 is 0.750 bits per heavy atom. The van der Waals surface area contributed by atoms with Gasteiger partial charge in [-0.25, -0.2) is 9.67 Å². The summed E-state index contributed by atoms with van der Waals surface area (Å²) in [4.78, 5) is 5.21. The van der Waals surface area contributed by atoms with E-state index in [1.807, 2.05) is 29.5 Å². The lowest BCUT2D eigenvalue weighted by Crippen LogP contribution is -2.60. The first-order chi connectivity index (χ1) is 23.7. The average Bonchev–Trinajstić information content (AvgIpc) is 3.82. The van der Waals surface area contributed by atoms with E-state index in [0.29, 0.717) is 0 Å². The molecule has 0 amide bonds. The Hall–Kier alpha value is -5.46. The molecule has 0 aliphatic carbocycles. The van der Waals surface area contributed by atoms with Crippen LogP contribution in [0.3, 0.4) is 0 Å². The fourth-order valence-corrected chi connectivity index (χ4v) is 9.62. The molecule has 2 aliphatic heterocycles. The number of allylic oxidation sites excluding steroid dienone is 1. The fraction of sp³-hybridized carbons (Fsp3) is 0.143. The lowest BCUT2D eigenvalue weighted by atomic mass is 9.78. The van der Waals surface area contributed by atoms with Crippen LogP contribution in [0.15, 0.2) is 133 Å². The van der Waals surface area contributed by atoms with Gasteiger partial charge in [-0.2, -0.15) is 9.13 Å². The third-order valence-electron chi connectivity index (χ3n) is 10.7. The molecule has 2 aliphatic rings. The zero-order valence-corrected chi connectivity index (χ0v) is 27.7. The summed E-state index contributed by atoms with van der Waals surface area (Å²) < 4.78 is 9.81. The van der Waals surface area contributed by atoms with Crippen molar-refractivity contribution in [3.8, 4) is 34.2 Å². The molecule has 4 aromatic heterocycles. The Bertz CT molecular complexity index is 2610. The molecule has 0 bridgehead atoms. The Kier molecular flexibility index (Phi) is 5.91. The molecule has 10 rings (SSSR count). The summed E-state index contributed by atoms with van der Waals surface area (Å²) in [5.74, 6) is 1.59. The Balaban J connectivity index is 1.34. The summed E-state index contributed by atoms with van der Waals surface area (Å²) in [5.41, 5.74) is 8.24. The van der Waals surface area contributed by atoms with Crippen LogP contribution in [0, 0.1) is 0 Å². The van der Waals surface area contributed by atoms with E-state index in [4.69, 9.17) is 10.1 Å². The van der Waals surface area contributed by atoms with Gasteiger partial charge in [0.05, 0.1) is 11.1 Å². The predicted molar refractivity (Wildman–Crippen MR) is 195 cm³/mol. The van der Waals surface area contributed by atoms with E-state index in [2.05, 4.69) is 143 Å². The second kappa shape index (κ2) is 10.3. The Labute approximate surface area is 282 Å². The molecule has 0 radical (unpaired) electrons. The molecule has 6 heteroatoms. The third-order valence-corrected chi connectivity index (χ3v) is 11.9. The minimum Gasteiger partial charge on any atom is -0.214 e. The molecule has 8 aromatic rings. The van der Waals surface area contributed by atoms with Gasteiger partial charge < -0.3 is 0 Å². The van der Waals surface area contributed by atoms with Crippen LogP contribution in [0.5, 0.6) is 0 Å². The molecule has 6 heterocycles. The van der Waals surface area contributed by atoms with E-state index in [0.717, 1.165) is 35.7 Å². The summed E-state index contributed by atoms with van der Waals surface area (Å²) in [7, 11) is 0. The summed E-state index contributed by atoms with van der Waals surface area (Å²) in [6.07, 6.45) is 6.42. The van der Waals surface area contributed by atoms with Gasteiger partial charge in [-0.05, 0) is 36.4 Å². The lowest BCUT2D eigenvalue weighted by molar-refractivity contribution is -0.754. The minimum atomic E-state index is -0.328. The van der Waals surface area contributed by atoms with E-state index in [-0.39, 0.29) is 11.6 Å². The molecule has 230 valence electrons. The highest BCUT2D eigenvalue weighted by atomic mass is 32.1. The van der Waals surface area contributed by atoms with Crippen molar-refractivity contribution in [2.75, 3.05) is 0 Å². The summed E-state index contributed by atoms with van der Waals surface area (Å²) in [5, 5.41) is 9.12. The molecular weight excluding hydrogens is 607 g/mol. The maximum atomic E-state index is 5.21. The first-order valence-electron chi connectivity index (χ1n) is 16.8. The molecule has 1 atom stereocenters. The van der Waals surface area contributed by atoms with Crippen LogP contribution in [0.4, 0.5) is 0 Å². The zero-order valence-electron chi connectivity index (χ0n) is 26.8. The van der Waals surface area contributed by atoms with Crippen LogP contribution in [0.1, 0.15) is 38.3 Å². The molecule has 0 saturated heterocycles. The highest BCUT2D eigenvalue weighted by Gasteiger charge is 2.55. The molecule has 5 nitrogen and oxygen atoms in total. The maximum Gasteiger partial charge on any atom is 0.251 e. The van der Waals surface area contributed by atoms with Crippen LogP contribution in [0.2, 0.25) is 0 Å². The molecule has 0 fully saturated rings. The van der Waals surface area contributed by atoms with Crippen LogP contribution >= 0.6 is 11.3 Å². The topological polar surface area (TPSA) is 38.5 Å². The SMILES string of the molecule is CCC1(CC)C(C2c3ccc4sc5ccccc5c4c3-c3ccc4ccccc4[n+]32)=Cn2nc(-c3ccccc3)nc2-c2cccc[n+]21. The highest BCUT2D eigenvalue weighted by Crippen LogP contribution is 2.51. The lowest BCUT2D eigenvalue weighted by Gasteiger charge is -2.30. The second-order valence-electron chi connectivity index (χ2n) is 12.9. The first kappa shape index (κ1) is 27.6. The number of benzene rings is 4. The monoisotopic (exact) mass is 639 g/mol. The Morgan fingerprint density at radius 3 is 2.42 bits per heavy atom. The van der Waals surface area contributed by atoms with Crippen LogP contribution in [0.25, 0.3) is 71.4 Å². The summed E-state index contributed by atoms with van der Waals surface area (Å²) in [6.45, 7) is 4.66. The van der Waals surface area contributed by atoms with Gasteiger partial charge in [0, 0.05) is 80.0 Å². The van der Waals surface area contributed by atoms with Crippen molar-refractivity contribution in [3.05, 3.63) is 139 Å². The van der Waals surface area contributed by atoms with E-state index in [9.17, 15) is 0 Å². The van der Waals surface area contributed by atoms with E-state index in [1.54, 1.807) is 0 Å². The third kappa shape index (κ3) is 3.66. The number of pyridine rings is 2. The zero-order chi connectivity index (χ0) is 32.0. The van der Waals surface area contributed by atoms with Gasteiger partial charge in [0.2, 0.25) is 23.1 Å². The largest absolute Gasteiger partial charge is 0.251 e.